The Balaban J connectivity index is 1.98. The van der Waals surface area contributed by atoms with E-state index in [1.54, 1.807) is 25.1 Å². The zero-order valence-corrected chi connectivity index (χ0v) is 26.0. The highest BCUT2D eigenvalue weighted by molar-refractivity contribution is 5.91. The molecule has 0 spiro atoms. The minimum atomic E-state index is -1.07. The van der Waals surface area contributed by atoms with Crippen LogP contribution in [-0.2, 0) is 27.2 Å². The third kappa shape index (κ3) is 9.74. The zero-order chi connectivity index (χ0) is 31.7. The number of carbonyl (C=O) groups excluding carboxylic acids is 3. The normalized spacial score (nSPS) is 14.0. The molecule has 1 unspecified atom stereocenters. The average Bonchev–Trinajstić information content (AvgIpc) is 2.96. The number of amides is 3. The number of aliphatic hydroxyl groups is 1. The van der Waals surface area contributed by atoms with Crippen LogP contribution in [0.2, 0.25) is 0 Å². The molecule has 3 rings (SSSR count). The van der Waals surface area contributed by atoms with Gasteiger partial charge in [0.15, 0.2) is 0 Å². The summed E-state index contributed by atoms with van der Waals surface area (Å²) in [4.78, 5) is 42.7. The van der Waals surface area contributed by atoms with Gasteiger partial charge in [0.25, 0.3) is 5.91 Å². The Morgan fingerprint density at radius 3 is 2.09 bits per heavy atom. The fraction of sp³-hybridized carbons (Fsp3) is 0.382. The fourth-order valence-electron chi connectivity index (χ4n) is 4.94. The summed E-state index contributed by atoms with van der Waals surface area (Å²) in [5.41, 5.74) is 9.94. The topological polar surface area (TPSA) is 119 Å². The lowest BCUT2D eigenvalue weighted by molar-refractivity contribution is -0.151. The number of fused-ring (bicyclic) bond motifs is 1. The fourth-order valence-corrected chi connectivity index (χ4v) is 4.94. The van der Waals surface area contributed by atoms with Crippen LogP contribution in [0.3, 0.4) is 0 Å². The SMILES string of the molecule is CC(=O)NN(C)C(=O)[C@@H](Cc1ccccc1)N(C)C(=O)[C@@H](Cc1ccc2ccccc2c1)N(C)C(O)/C=C/CC(C)(C)N. The van der Waals surface area contributed by atoms with Crippen LogP contribution in [0.25, 0.3) is 10.8 Å². The van der Waals surface area contributed by atoms with Gasteiger partial charge in [-0.25, -0.2) is 0 Å². The monoisotopic (exact) mass is 587 g/mol. The van der Waals surface area contributed by atoms with E-state index in [0.717, 1.165) is 26.9 Å². The second-order valence-electron chi connectivity index (χ2n) is 11.8. The summed E-state index contributed by atoms with van der Waals surface area (Å²) in [5, 5.41) is 14.4. The van der Waals surface area contributed by atoms with Crippen molar-refractivity contribution in [1.82, 2.24) is 20.2 Å². The zero-order valence-electron chi connectivity index (χ0n) is 26.0. The summed E-state index contributed by atoms with van der Waals surface area (Å²) in [5.74, 6) is -1.17. The number of hydrazine groups is 1. The van der Waals surface area contributed by atoms with Crippen molar-refractivity contribution < 1.29 is 19.5 Å². The van der Waals surface area contributed by atoms with Crippen LogP contribution in [0.1, 0.15) is 38.3 Å². The van der Waals surface area contributed by atoms with Crippen molar-refractivity contribution in [1.29, 1.82) is 0 Å². The van der Waals surface area contributed by atoms with Gasteiger partial charge in [-0.2, -0.15) is 0 Å². The lowest BCUT2D eigenvalue weighted by atomic mass is 9.98. The van der Waals surface area contributed by atoms with Crippen molar-refractivity contribution in [2.45, 2.75) is 63.9 Å². The van der Waals surface area contributed by atoms with Crippen molar-refractivity contribution in [3.8, 4) is 0 Å². The average molecular weight is 588 g/mol. The van der Waals surface area contributed by atoms with E-state index in [1.807, 2.05) is 92.7 Å². The second-order valence-corrected chi connectivity index (χ2v) is 11.8. The van der Waals surface area contributed by atoms with Crippen LogP contribution >= 0.6 is 0 Å². The molecule has 0 heterocycles. The smallest absolute Gasteiger partial charge is 0.263 e. The number of benzene rings is 3. The molecule has 3 aromatic carbocycles. The van der Waals surface area contributed by atoms with Gasteiger partial charge in [0.05, 0.1) is 6.04 Å². The molecule has 0 radical (unpaired) electrons. The highest BCUT2D eigenvalue weighted by atomic mass is 16.3. The molecule has 0 saturated carbocycles. The van der Waals surface area contributed by atoms with E-state index in [1.165, 1.54) is 18.9 Å². The van der Waals surface area contributed by atoms with Gasteiger partial charge in [-0.3, -0.25) is 29.7 Å². The molecular weight excluding hydrogens is 542 g/mol. The number of hydrogen-bond acceptors (Lipinski definition) is 6. The van der Waals surface area contributed by atoms with Crippen molar-refractivity contribution in [3.63, 3.8) is 0 Å². The van der Waals surface area contributed by atoms with Crippen LogP contribution in [0.15, 0.2) is 84.9 Å². The Morgan fingerprint density at radius 2 is 1.47 bits per heavy atom. The Hall–Kier alpha value is -4.05. The molecule has 0 aliphatic rings. The van der Waals surface area contributed by atoms with E-state index < -0.39 is 35.7 Å². The maximum absolute atomic E-state index is 14.3. The number of carbonyl (C=O) groups is 3. The van der Waals surface area contributed by atoms with Crippen LogP contribution in [0.4, 0.5) is 0 Å². The molecule has 0 bridgehead atoms. The van der Waals surface area contributed by atoms with E-state index in [2.05, 4.69) is 5.43 Å². The molecular formula is C34H45N5O4. The summed E-state index contributed by atoms with van der Waals surface area (Å²) in [6.45, 7) is 5.12. The van der Waals surface area contributed by atoms with Gasteiger partial charge in [-0.15, -0.1) is 0 Å². The second kappa shape index (κ2) is 14.9. The molecule has 9 heteroatoms. The van der Waals surface area contributed by atoms with E-state index in [9.17, 15) is 19.5 Å². The number of likely N-dealkylation sites (N-methyl/N-ethyl adjacent to an activating group) is 3. The van der Waals surface area contributed by atoms with Crippen molar-refractivity contribution in [2.24, 2.45) is 5.73 Å². The van der Waals surface area contributed by atoms with Crippen LogP contribution in [0, 0.1) is 0 Å². The largest absolute Gasteiger partial charge is 0.375 e. The number of aliphatic hydroxyl groups excluding tert-OH is 1. The molecule has 3 amide bonds. The Morgan fingerprint density at radius 1 is 0.860 bits per heavy atom. The molecule has 0 saturated heterocycles. The van der Waals surface area contributed by atoms with Gasteiger partial charge in [-0.05, 0) is 61.7 Å². The number of hydrogen-bond donors (Lipinski definition) is 3. The van der Waals surface area contributed by atoms with Crippen molar-refractivity contribution in [2.75, 3.05) is 21.1 Å². The quantitative estimate of drug-likeness (QED) is 0.170. The molecule has 3 atom stereocenters. The van der Waals surface area contributed by atoms with E-state index >= 15 is 0 Å². The van der Waals surface area contributed by atoms with Gasteiger partial charge in [0, 0.05) is 33.0 Å². The lowest BCUT2D eigenvalue weighted by Gasteiger charge is -2.37. The minimum Gasteiger partial charge on any atom is -0.375 e. The number of nitrogens with zero attached hydrogens (tertiary/aromatic N) is 3. The summed E-state index contributed by atoms with van der Waals surface area (Å²) in [7, 11) is 4.75. The first-order valence-corrected chi connectivity index (χ1v) is 14.5. The lowest BCUT2D eigenvalue weighted by Crippen LogP contribution is -2.58. The molecule has 4 N–H and O–H groups in total. The third-order valence-corrected chi connectivity index (χ3v) is 7.42. The minimum absolute atomic E-state index is 0.242. The van der Waals surface area contributed by atoms with Crippen molar-refractivity contribution >= 4 is 28.5 Å². The first-order valence-electron chi connectivity index (χ1n) is 14.5. The van der Waals surface area contributed by atoms with Gasteiger partial charge < -0.3 is 15.7 Å². The third-order valence-electron chi connectivity index (χ3n) is 7.42. The summed E-state index contributed by atoms with van der Waals surface area (Å²) in [6, 6.07) is 21.7. The molecule has 0 fully saturated rings. The first-order chi connectivity index (χ1) is 20.3. The van der Waals surface area contributed by atoms with Gasteiger partial charge in [0.2, 0.25) is 11.8 Å². The van der Waals surface area contributed by atoms with Gasteiger partial charge in [-0.1, -0.05) is 78.9 Å². The van der Waals surface area contributed by atoms with E-state index in [4.69, 9.17) is 5.73 Å². The number of rotatable bonds is 12. The molecule has 43 heavy (non-hydrogen) atoms. The van der Waals surface area contributed by atoms with Crippen LogP contribution in [-0.4, -0.2) is 82.6 Å². The highest BCUT2D eigenvalue weighted by Crippen LogP contribution is 2.21. The Kier molecular flexibility index (Phi) is 11.6. The van der Waals surface area contributed by atoms with Crippen LogP contribution in [0.5, 0.6) is 0 Å². The maximum atomic E-state index is 14.3. The van der Waals surface area contributed by atoms with Gasteiger partial charge >= 0.3 is 0 Å². The number of nitrogens with two attached hydrogens (primary N) is 1. The predicted octanol–water partition coefficient (Wildman–Crippen LogP) is 3.26. The summed E-state index contributed by atoms with van der Waals surface area (Å²) >= 11 is 0. The molecule has 0 aliphatic carbocycles. The highest BCUT2D eigenvalue weighted by Gasteiger charge is 2.36. The molecule has 0 aromatic heterocycles. The summed E-state index contributed by atoms with van der Waals surface area (Å²) in [6.07, 6.45) is 3.46. The van der Waals surface area contributed by atoms with Crippen LogP contribution < -0.4 is 11.2 Å². The van der Waals surface area contributed by atoms with Crippen molar-refractivity contribution in [3.05, 3.63) is 96.1 Å². The van der Waals surface area contributed by atoms with Gasteiger partial charge in [0.1, 0.15) is 12.3 Å². The van der Waals surface area contributed by atoms with E-state index in [-0.39, 0.29) is 12.3 Å². The molecule has 230 valence electrons. The Labute approximate surface area is 254 Å². The summed E-state index contributed by atoms with van der Waals surface area (Å²) < 4.78 is 0. The first kappa shape index (κ1) is 33.5. The number of nitrogens with one attached hydrogen (secondary N) is 1. The van der Waals surface area contributed by atoms with E-state index in [0.29, 0.717) is 12.8 Å². The Bertz CT molecular complexity index is 1420. The molecule has 3 aromatic rings. The standard InChI is InChI=1S/C34H45N5O4/c1-24(40)36-39(6)33(43)30(22-25-13-8-7-9-14-25)38(5)32(42)29(37(4)31(41)17-12-20-34(2,3)35)23-26-18-19-27-15-10-11-16-28(27)21-26/h7-19,21,29-31,41H,20,22-23,35H2,1-6H3,(H,36,40)/b17-12+/t29-,30-,31?/m1/s1. The molecule has 9 nitrogen and oxygen atoms in total. The molecule has 0 aliphatic heterocycles. The predicted molar refractivity (Wildman–Crippen MR) is 171 cm³/mol. The maximum Gasteiger partial charge on any atom is 0.263 e.